The van der Waals surface area contributed by atoms with Crippen LogP contribution in [0.4, 0.5) is 0 Å². The average Bonchev–Trinajstić information content (AvgIpc) is 2.44. The van der Waals surface area contributed by atoms with Crippen LogP contribution in [-0.4, -0.2) is 26.3 Å². The molecule has 0 spiro atoms. The summed E-state index contributed by atoms with van der Waals surface area (Å²) in [6.45, 7) is 4.66. The van der Waals surface area contributed by atoms with Crippen molar-refractivity contribution < 1.29 is 14.3 Å². The molecule has 3 nitrogen and oxygen atoms in total. The van der Waals surface area contributed by atoms with E-state index in [1.165, 1.54) is 12.8 Å². The lowest BCUT2D eigenvalue weighted by atomic mass is 10.4. The number of carbonyl (C=O) groups excluding carboxylic acids is 1. The van der Waals surface area contributed by atoms with E-state index in [-0.39, 0.29) is 0 Å². The molecule has 0 amide bonds. The second-order valence-corrected chi connectivity index (χ2v) is 1.87. The summed E-state index contributed by atoms with van der Waals surface area (Å²) in [4.78, 5) is 9.18. The molecule has 0 aromatic carbocycles. The standard InChI is InChI=1S/C4H8O.C3H6O2/c1-2-4-5-3-1;1-2-5-3-4/h1-4H2;3H,2H2,1H3. The third-order valence-electron chi connectivity index (χ3n) is 1.06. The van der Waals surface area contributed by atoms with E-state index in [1.807, 2.05) is 0 Å². The van der Waals surface area contributed by atoms with Crippen LogP contribution in [0.3, 0.4) is 0 Å². The SMILES string of the molecule is C1CCOC1.CCOC=O. The minimum atomic E-state index is 0.431. The van der Waals surface area contributed by atoms with Gasteiger partial charge in [-0.15, -0.1) is 0 Å². The normalized spacial score (nSPS) is 15.3. The van der Waals surface area contributed by atoms with E-state index >= 15 is 0 Å². The molecule has 0 unspecified atom stereocenters. The van der Waals surface area contributed by atoms with Crippen molar-refractivity contribution in [1.29, 1.82) is 0 Å². The van der Waals surface area contributed by atoms with Gasteiger partial charge in [0.05, 0.1) is 6.61 Å². The zero-order valence-corrected chi connectivity index (χ0v) is 6.34. The van der Waals surface area contributed by atoms with Gasteiger partial charge in [0.15, 0.2) is 0 Å². The molecule has 0 N–H and O–H groups in total. The van der Waals surface area contributed by atoms with Gasteiger partial charge in [0.1, 0.15) is 0 Å². The first-order valence-corrected chi connectivity index (χ1v) is 3.54. The van der Waals surface area contributed by atoms with Gasteiger partial charge in [-0.05, 0) is 19.8 Å². The highest BCUT2D eigenvalue weighted by molar-refractivity contribution is 5.36. The fourth-order valence-corrected chi connectivity index (χ4v) is 0.578. The highest BCUT2D eigenvalue weighted by atomic mass is 16.5. The fourth-order valence-electron chi connectivity index (χ4n) is 0.578. The maximum Gasteiger partial charge on any atom is 0.293 e. The van der Waals surface area contributed by atoms with Crippen LogP contribution in [0.5, 0.6) is 0 Å². The second-order valence-electron chi connectivity index (χ2n) is 1.87. The van der Waals surface area contributed by atoms with E-state index in [1.54, 1.807) is 6.92 Å². The first kappa shape index (κ1) is 9.43. The van der Waals surface area contributed by atoms with Gasteiger partial charge in [0.25, 0.3) is 6.47 Å². The molecule has 0 aromatic heterocycles. The Balaban J connectivity index is 0.000000162. The fraction of sp³-hybridized carbons (Fsp3) is 0.857. The molecule has 0 bridgehead atoms. The number of ether oxygens (including phenoxy) is 2. The Morgan fingerprint density at radius 1 is 1.50 bits per heavy atom. The molecular weight excluding hydrogens is 132 g/mol. The molecule has 0 aromatic rings. The van der Waals surface area contributed by atoms with E-state index in [2.05, 4.69) is 4.74 Å². The minimum absolute atomic E-state index is 0.431. The Bertz CT molecular complexity index is 61.6. The van der Waals surface area contributed by atoms with E-state index in [4.69, 9.17) is 4.74 Å². The molecule has 60 valence electrons. The summed E-state index contributed by atoms with van der Waals surface area (Å²) < 4.78 is 9.10. The molecular formula is C7H14O3. The molecule has 0 atom stereocenters. The van der Waals surface area contributed by atoms with Gasteiger partial charge < -0.3 is 9.47 Å². The van der Waals surface area contributed by atoms with Crippen LogP contribution >= 0.6 is 0 Å². The molecule has 1 aliphatic rings. The summed E-state index contributed by atoms with van der Waals surface area (Å²) in [6, 6.07) is 0. The molecule has 0 aliphatic carbocycles. The molecule has 0 radical (unpaired) electrons. The number of rotatable bonds is 2. The highest BCUT2D eigenvalue weighted by Gasteiger charge is 1.94. The van der Waals surface area contributed by atoms with Crippen molar-refractivity contribution in [2.45, 2.75) is 19.8 Å². The summed E-state index contributed by atoms with van der Waals surface area (Å²) >= 11 is 0. The van der Waals surface area contributed by atoms with Gasteiger partial charge in [0, 0.05) is 13.2 Å². The third-order valence-corrected chi connectivity index (χ3v) is 1.06. The molecule has 1 fully saturated rings. The predicted molar refractivity (Wildman–Crippen MR) is 37.7 cm³/mol. The molecule has 3 heteroatoms. The van der Waals surface area contributed by atoms with E-state index in [0.717, 1.165) is 13.2 Å². The Morgan fingerprint density at radius 2 is 2.10 bits per heavy atom. The summed E-state index contributed by atoms with van der Waals surface area (Å²) in [7, 11) is 0. The van der Waals surface area contributed by atoms with Crippen molar-refractivity contribution >= 4 is 6.47 Å². The molecule has 1 saturated heterocycles. The van der Waals surface area contributed by atoms with Crippen molar-refractivity contribution in [2.24, 2.45) is 0 Å². The van der Waals surface area contributed by atoms with Crippen LogP contribution in [-0.2, 0) is 14.3 Å². The van der Waals surface area contributed by atoms with Crippen LogP contribution in [0.15, 0.2) is 0 Å². The summed E-state index contributed by atoms with van der Waals surface area (Å²) in [5.74, 6) is 0. The monoisotopic (exact) mass is 146 g/mol. The first-order valence-electron chi connectivity index (χ1n) is 3.54. The van der Waals surface area contributed by atoms with Crippen LogP contribution in [0.1, 0.15) is 19.8 Å². The quantitative estimate of drug-likeness (QED) is 0.545. The van der Waals surface area contributed by atoms with Gasteiger partial charge in [-0.25, -0.2) is 0 Å². The lowest BCUT2D eigenvalue weighted by Crippen LogP contribution is -1.80. The molecule has 1 rings (SSSR count). The van der Waals surface area contributed by atoms with Crippen molar-refractivity contribution in [3.63, 3.8) is 0 Å². The van der Waals surface area contributed by atoms with Gasteiger partial charge >= 0.3 is 0 Å². The molecule has 1 heterocycles. The molecule has 0 saturated carbocycles. The summed E-state index contributed by atoms with van der Waals surface area (Å²) in [6.07, 6.45) is 2.56. The number of carbonyl (C=O) groups is 1. The van der Waals surface area contributed by atoms with E-state index in [0.29, 0.717) is 13.1 Å². The van der Waals surface area contributed by atoms with Crippen molar-refractivity contribution in [3.8, 4) is 0 Å². The number of hydrogen-bond acceptors (Lipinski definition) is 3. The summed E-state index contributed by atoms with van der Waals surface area (Å²) in [5, 5.41) is 0. The lowest BCUT2D eigenvalue weighted by molar-refractivity contribution is -0.128. The zero-order valence-electron chi connectivity index (χ0n) is 6.34. The van der Waals surface area contributed by atoms with Crippen molar-refractivity contribution in [1.82, 2.24) is 0 Å². The van der Waals surface area contributed by atoms with Gasteiger partial charge in [-0.3, -0.25) is 4.79 Å². The highest BCUT2D eigenvalue weighted by Crippen LogP contribution is 1.98. The maximum absolute atomic E-state index is 9.18. The topological polar surface area (TPSA) is 35.5 Å². The summed E-state index contributed by atoms with van der Waals surface area (Å²) in [5.41, 5.74) is 0. The van der Waals surface area contributed by atoms with Crippen molar-refractivity contribution in [2.75, 3.05) is 19.8 Å². The third kappa shape index (κ3) is 7.43. The van der Waals surface area contributed by atoms with Crippen LogP contribution < -0.4 is 0 Å². The predicted octanol–water partition coefficient (Wildman–Crippen LogP) is 0.976. The number of hydrogen-bond donors (Lipinski definition) is 0. The zero-order chi connectivity index (χ0) is 7.66. The smallest absolute Gasteiger partial charge is 0.293 e. The van der Waals surface area contributed by atoms with Crippen LogP contribution in [0.2, 0.25) is 0 Å². The maximum atomic E-state index is 9.18. The first-order chi connectivity index (χ1) is 4.91. The van der Waals surface area contributed by atoms with Crippen LogP contribution in [0, 0.1) is 0 Å². The lowest BCUT2D eigenvalue weighted by Gasteiger charge is -1.79. The minimum Gasteiger partial charge on any atom is -0.468 e. The largest absolute Gasteiger partial charge is 0.468 e. The second kappa shape index (κ2) is 8.43. The Hall–Kier alpha value is -0.570. The Labute approximate surface area is 61.3 Å². The Morgan fingerprint density at radius 3 is 2.20 bits per heavy atom. The molecule has 1 aliphatic heterocycles. The van der Waals surface area contributed by atoms with Crippen LogP contribution in [0.25, 0.3) is 0 Å². The molecule has 10 heavy (non-hydrogen) atoms. The van der Waals surface area contributed by atoms with Crippen molar-refractivity contribution in [3.05, 3.63) is 0 Å². The van der Waals surface area contributed by atoms with Gasteiger partial charge in [0.2, 0.25) is 0 Å². The van der Waals surface area contributed by atoms with Gasteiger partial charge in [-0.2, -0.15) is 0 Å². The van der Waals surface area contributed by atoms with Gasteiger partial charge in [-0.1, -0.05) is 0 Å². The van der Waals surface area contributed by atoms with E-state index < -0.39 is 0 Å². The average molecular weight is 146 g/mol. The van der Waals surface area contributed by atoms with E-state index in [9.17, 15) is 4.79 Å². The Kier molecular flexibility index (Phi) is 7.95.